The molecule has 7 nitrogen and oxygen atoms in total. The first kappa shape index (κ1) is 22.9. The molecule has 0 spiro atoms. The third-order valence-electron chi connectivity index (χ3n) is 2.16. The van der Waals surface area contributed by atoms with Gasteiger partial charge in [0, 0.05) is 11.1 Å². The molecule has 0 amide bonds. The number of quaternary nitrogens is 1. The Kier molecular flexibility index (Phi) is 10.3. The summed E-state index contributed by atoms with van der Waals surface area (Å²) in [5.74, 6) is -2.23. The molecule has 0 heterocycles. The van der Waals surface area contributed by atoms with Crippen molar-refractivity contribution in [2.45, 2.75) is 20.1 Å². The number of esters is 2. The molecule has 0 bridgehead atoms. The zero-order valence-corrected chi connectivity index (χ0v) is 14.4. The Morgan fingerprint density at radius 1 is 1.09 bits per heavy atom. The normalized spacial score (nSPS) is 11.2. The van der Waals surface area contributed by atoms with Gasteiger partial charge in [0.1, 0.15) is 6.61 Å². The second-order valence-corrected chi connectivity index (χ2v) is 5.66. The molecule has 0 saturated heterocycles. The molecular weight excluding hydrogens is 302 g/mol. The second kappa shape index (κ2) is 10.3. The summed E-state index contributed by atoms with van der Waals surface area (Å²) in [6.07, 6.45) is 0.306. The van der Waals surface area contributed by atoms with Crippen LogP contribution >= 0.6 is 0 Å². The molecule has 0 fully saturated rings. The number of carboxylic acids is 1. The van der Waals surface area contributed by atoms with E-state index < -0.39 is 18.2 Å². The topological polar surface area (TPSA) is 89.9 Å². The molecule has 0 aromatic carbocycles. The van der Waals surface area contributed by atoms with Gasteiger partial charge in [-0.2, -0.15) is 0 Å². The van der Waals surface area contributed by atoms with Gasteiger partial charge in [-0.25, -0.2) is 14.4 Å². The Labute approximate surface area is 137 Å². The van der Waals surface area contributed by atoms with E-state index in [9.17, 15) is 14.4 Å². The molecule has 1 unspecified atom stereocenters. The van der Waals surface area contributed by atoms with Crippen molar-refractivity contribution in [1.82, 2.24) is 0 Å². The molecule has 1 atom stereocenters. The molecule has 0 aliphatic rings. The lowest BCUT2D eigenvalue weighted by Gasteiger charge is -2.29. The van der Waals surface area contributed by atoms with Crippen LogP contribution in [0.2, 0.25) is 0 Å². The third kappa shape index (κ3) is 10.9. The number of carbonyl (C=O) groups is 3. The first-order chi connectivity index (χ1) is 10.3. The lowest BCUT2D eigenvalue weighted by Crippen LogP contribution is -2.52. The van der Waals surface area contributed by atoms with E-state index in [4.69, 9.17) is 9.84 Å². The third-order valence-corrected chi connectivity index (χ3v) is 2.16. The van der Waals surface area contributed by atoms with Crippen molar-refractivity contribution in [3.63, 3.8) is 0 Å². The summed E-state index contributed by atoms with van der Waals surface area (Å²) in [6, 6.07) is 0. The van der Waals surface area contributed by atoms with Gasteiger partial charge in [-0.1, -0.05) is 25.8 Å². The molecule has 7 heteroatoms. The van der Waals surface area contributed by atoms with Crippen LogP contribution in [0.4, 0.5) is 0 Å². The van der Waals surface area contributed by atoms with Crippen molar-refractivity contribution in [2.24, 2.45) is 0 Å². The SMILES string of the molecule is C=C(C)C(=O)OC(C(=O)O)[N+](C)(C)C.C=CCOC(=O)C(=C)C. The average Bonchev–Trinajstić information content (AvgIpc) is 2.40. The number of nitrogens with zero attached hydrogens (tertiary/aromatic N) is 1. The average molecular weight is 328 g/mol. The fraction of sp³-hybridized carbons (Fsp3) is 0.438. The van der Waals surface area contributed by atoms with Gasteiger partial charge in [0.15, 0.2) is 0 Å². The first-order valence-corrected chi connectivity index (χ1v) is 6.68. The second-order valence-electron chi connectivity index (χ2n) is 5.66. The van der Waals surface area contributed by atoms with Crippen LogP contribution in [0, 0.1) is 0 Å². The number of hydrogen-bond donors (Lipinski definition) is 1. The standard InChI is InChI=1S/C9H15NO4.C7H10O2/c1-6(2)9(13)14-7(8(11)12)10(3,4)5;1-4-5-9-7(8)6(2)3/h7H,1H2,2-5H3;4H,1-2,5H2,3H3/p+1. The maximum atomic E-state index is 11.1. The maximum Gasteiger partial charge on any atom is 0.405 e. The van der Waals surface area contributed by atoms with Crippen LogP contribution in [-0.4, -0.2) is 61.5 Å². The van der Waals surface area contributed by atoms with Gasteiger partial charge >= 0.3 is 24.1 Å². The summed E-state index contributed by atoms with van der Waals surface area (Å²) in [5, 5.41) is 8.82. The van der Waals surface area contributed by atoms with Gasteiger partial charge in [-0.05, 0) is 13.8 Å². The Hall–Kier alpha value is -2.41. The van der Waals surface area contributed by atoms with Gasteiger partial charge < -0.3 is 14.6 Å². The fourth-order valence-corrected chi connectivity index (χ4v) is 1.000. The highest BCUT2D eigenvalue weighted by molar-refractivity contribution is 5.88. The summed E-state index contributed by atoms with van der Waals surface area (Å²) in [6.45, 7) is 13.5. The zero-order valence-electron chi connectivity index (χ0n) is 14.4. The monoisotopic (exact) mass is 328 g/mol. The van der Waals surface area contributed by atoms with Crippen LogP contribution in [0.25, 0.3) is 0 Å². The summed E-state index contributed by atoms with van der Waals surface area (Å²) in [7, 11) is 4.89. The van der Waals surface area contributed by atoms with Crippen molar-refractivity contribution in [2.75, 3.05) is 27.7 Å². The summed E-state index contributed by atoms with van der Waals surface area (Å²) in [5.41, 5.74) is 0.599. The van der Waals surface area contributed by atoms with E-state index in [0.29, 0.717) is 5.57 Å². The highest BCUT2D eigenvalue weighted by atomic mass is 16.6. The van der Waals surface area contributed by atoms with E-state index in [1.54, 1.807) is 28.1 Å². The van der Waals surface area contributed by atoms with Crippen LogP contribution in [-0.2, 0) is 23.9 Å². The van der Waals surface area contributed by atoms with Gasteiger partial charge in [-0.15, -0.1) is 0 Å². The van der Waals surface area contributed by atoms with E-state index in [-0.39, 0.29) is 22.6 Å². The lowest BCUT2D eigenvalue weighted by molar-refractivity contribution is -0.906. The number of ether oxygens (including phenoxy) is 2. The quantitative estimate of drug-likeness (QED) is 0.250. The Balaban J connectivity index is 0. The molecule has 0 radical (unpaired) electrons. The Bertz CT molecular complexity index is 487. The molecule has 0 aliphatic heterocycles. The molecule has 0 aromatic rings. The molecule has 0 saturated carbocycles. The number of carboxylic acid groups (broad SMARTS) is 1. The Morgan fingerprint density at radius 2 is 1.52 bits per heavy atom. The van der Waals surface area contributed by atoms with Crippen LogP contribution < -0.4 is 0 Å². The van der Waals surface area contributed by atoms with Crippen LogP contribution in [0.15, 0.2) is 37.0 Å². The molecule has 23 heavy (non-hydrogen) atoms. The highest BCUT2D eigenvalue weighted by Crippen LogP contribution is 2.07. The Morgan fingerprint density at radius 3 is 1.78 bits per heavy atom. The molecule has 1 N–H and O–H groups in total. The maximum absolute atomic E-state index is 11.1. The van der Waals surface area contributed by atoms with Crippen molar-refractivity contribution in [3.05, 3.63) is 37.0 Å². The fourth-order valence-electron chi connectivity index (χ4n) is 1.000. The molecular formula is C16H26NO6+. The van der Waals surface area contributed by atoms with Crippen LogP contribution in [0.3, 0.4) is 0 Å². The highest BCUT2D eigenvalue weighted by Gasteiger charge is 2.35. The molecule has 0 rings (SSSR count). The van der Waals surface area contributed by atoms with Crippen molar-refractivity contribution < 1.29 is 33.4 Å². The number of rotatable bonds is 7. The van der Waals surface area contributed by atoms with E-state index in [2.05, 4.69) is 24.5 Å². The van der Waals surface area contributed by atoms with E-state index in [1.165, 1.54) is 13.0 Å². The number of aliphatic carboxylic acids is 1. The summed E-state index contributed by atoms with van der Waals surface area (Å²) < 4.78 is 9.38. The van der Waals surface area contributed by atoms with Gasteiger partial charge in [0.05, 0.1) is 21.1 Å². The smallest absolute Gasteiger partial charge is 0.405 e. The van der Waals surface area contributed by atoms with E-state index >= 15 is 0 Å². The van der Waals surface area contributed by atoms with Gasteiger partial charge in [0.2, 0.25) is 0 Å². The van der Waals surface area contributed by atoms with Crippen LogP contribution in [0.5, 0.6) is 0 Å². The first-order valence-electron chi connectivity index (χ1n) is 6.68. The summed E-state index contributed by atoms with van der Waals surface area (Å²) >= 11 is 0. The van der Waals surface area contributed by atoms with Gasteiger partial charge in [0.25, 0.3) is 0 Å². The molecule has 0 aliphatic carbocycles. The molecule has 0 aromatic heterocycles. The van der Waals surface area contributed by atoms with Crippen molar-refractivity contribution in [3.8, 4) is 0 Å². The van der Waals surface area contributed by atoms with E-state index in [0.717, 1.165) is 0 Å². The van der Waals surface area contributed by atoms with Crippen molar-refractivity contribution in [1.29, 1.82) is 0 Å². The predicted molar refractivity (Wildman–Crippen MR) is 86.3 cm³/mol. The lowest BCUT2D eigenvalue weighted by atomic mass is 10.3. The number of likely N-dealkylation sites (N-methyl/N-ethyl adjacent to an activating group) is 1. The van der Waals surface area contributed by atoms with Crippen molar-refractivity contribution >= 4 is 17.9 Å². The number of hydrogen-bond acceptors (Lipinski definition) is 5. The largest absolute Gasteiger partial charge is 0.474 e. The summed E-state index contributed by atoms with van der Waals surface area (Å²) in [4.78, 5) is 32.4. The minimum absolute atomic E-state index is 0.00829. The zero-order chi connectivity index (χ0) is 18.8. The molecule has 130 valence electrons. The number of carbonyl (C=O) groups excluding carboxylic acids is 2. The van der Waals surface area contributed by atoms with Crippen LogP contribution in [0.1, 0.15) is 13.8 Å². The minimum atomic E-state index is -1.21. The van der Waals surface area contributed by atoms with Gasteiger partial charge in [-0.3, -0.25) is 4.48 Å². The minimum Gasteiger partial charge on any atom is -0.474 e. The van der Waals surface area contributed by atoms with E-state index in [1.807, 2.05) is 0 Å². The predicted octanol–water partition coefficient (Wildman–Crippen LogP) is 1.51.